The van der Waals surface area contributed by atoms with Gasteiger partial charge in [0.25, 0.3) is 0 Å². The summed E-state index contributed by atoms with van der Waals surface area (Å²) in [5, 5.41) is 21.1. The molecule has 10 heteroatoms. The second kappa shape index (κ2) is 12.3. The van der Waals surface area contributed by atoms with Crippen LogP contribution in [0.25, 0.3) is 10.9 Å². The van der Waals surface area contributed by atoms with Crippen LogP contribution in [-0.4, -0.2) is 52.8 Å². The summed E-state index contributed by atoms with van der Waals surface area (Å²) in [6.45, 7) is 1.75. The van der Waals surface area contributed by atoms with Crippen molar-refractivity contribution in [1.29, 1.82) is 0 Å². The lowest BCUT2D eigenvalue weighted by Crippen LogP contribution is -2.41. The van der Waals surface area contributed by atoms with Crippen molar-refractivity contribution in [3.63, 3.8) is 0 Å². The van der Waals surface area contributed by atoms with Gasteiger partial charge in [0, 0.05) is 17.0 Å². The number of fused-ring (bicyclic) bond motifs is 1. The van der Waals surface area contributed by atoms with E-state index in [0.29, 0.717) is 68.0 Å². The van der Waals surface area contributed by atoms with Crippen molar-refractivity contribution in [1.82, 2.24) is 9.88 Å². The first-order valence-electron chi connectivity index (χ1n) is 13.0. The highest BCUT2D eigenvalue weighted by Crippen LogP contribution is 2.42. The normalized spacial score (nSPS) is 16.4. The van der Waals surface area contributed by atoms with Gasteiger partial charge in [-0.05, 0) is 93.4 Å². The van der Waals surface area contributed by atoms with Gasteiger partial charge in [-0.1, -0.05) is 0 Å². The second-order valence-electron chi connectivity index (χ2n) is 10.3. The molecule has 0 saturated carbocycles. The molecule has 2 aromatic carbocycles. The third-order valence-electron chi connectivity index (χ3n) is 7.78. The summed E-state index contributed by atoms with van der Waals surface area (Å²) >= 11 is 0. The molecule has 0 radical (unpaired) electrons. The van der Waals surface area contributed by atoms with Crippen LogP contribution in [0.4, 0.5) is 17.6 Å². The molecular weight excluding hydrogens is 516 g/mol. The third kappa shape index (κ3) is 6.86. The van der Waals surface area contributed by atoms with E-state index in [2.05, 4.69) is 9.88 Å². The highest BCUT2D eigenvalue weighted by Gasteiger charge is 2.37. The van der Waals surface area contributed by atoms with E-state index in [1.165, 1.54) is 7.11 Å². The van der Waals surface area contributed by atoms with Gasteiger partial charge in [-0.25, -0.2) is 17.6 Å². The predicted molar refractivity (Wildman–Crippen MR) is 137 cm³/mol. The van der Waals surface area contributed by atoms with Crippen molar-refractivity contribution in [3.8, 4) is 5.75 Å². The quantitative estimate of drug-likeness (QED) is 0.233. The number of aryl methyl sites for hydroxylation is 1. The number of ether oxygens (including phenoxy) is 1. The molecule has 1 atom stereocenters. The Labute approximate surface area is 224 Å². The summed E-state index contributed by atoms with van der Waals surface area (Å²) in [4.78, 5) is 17.9. The molecule has 0 spiro atoms. The van der Waals surface area contributed by atoms with Crippen LogP contribution in [0.2, 0.25) is 0 Å². The van der Waals surface area contributed by atoms with Gasteiger partial charge in [-0.3, -0.25) is 9.78 Å². The van der Waals surface area contributed by atoms with Crippen LogP contribution in [0.15, 0.2) is 36.5 Å². The fraction of sp³-hybridized carbons (Fsp3) is 0.448. The standard InChI is InChI=1S/C29H32F4N2O4/c1-39-20-4-5-24-21(15-20)27(23(32)17-34-24)25(36)6-7-29(16-26(37)38)8-11-35(12-9-29)10-2-3-18-13-19(30)14-22(31)28(18)33/h4-5,13-15,17,25,36H,2-3,6-12,16H2,1H3,(H,37,38)/t25-/m0/s1. The Morgan fingerprint density at radius 2 is 1.87 bits per heavy atom. The van der Waals surface area contributed by atoms with Gasteiger partial charge in [0.2, 0.25) is 0 Å². The van der Waals surface area contributed by atoms with E-state index in [-0.39, 0.29) is 30.4 Å². The summed E-state index contributed by atoms with van der Waals surface area (Å²) < 4.78 is 60.9. The minimum atomic E-state index is -1.21. The van der Waals surface area contributed by atoms with Crippen molar-refractivity contribution in [3.05, 3.63) is 70.9 Å². The lowest BCUT2D eigenvalue weighted by atomic mass is 9.71. The number of rotatable bonds is 11. The van der Waals surface area contributed by atoms with Crippen LogP contribution in [0.1, 0.15) is 55.8 Å². The Morgan fingerprint density at radius 3 is 2.56 bits per heavy atom. The first kappa shape index (κ1) is 28.8. The van der Waals surface area contributed by atoms with E-state index in [1.54, 1.807) is 18.2 Å². The van der Waals surface area contributed by atoms with Gasteiger partial charge in [0.1, 0.15) is 17.4 Å². The number of aromatic nitrogens is 1. The molecule has 1 aromatic heterocycles. The monoisotopic (exact) mass is 548 g/mol. The Bertz CT molecular complexity index is 1330. The molecule has 2 heterocycles. The van der Waals surface area contributed by atoms with Crippen LogP contribution >= 0.6 is 0 Å². The molecule has 6 nitrogen and oxygen atoms in total. The number of halogens is 4. The van der Waals surface area contributed by atoms with E-state index in [1.807, 2.05) is 0 Å². The molecule has 0 amide bonds. The number of benzene rings is 2. The number of methoxy groups -OCH3 is 1. The lowest BCUT2D eigenvalue weighted by Gasteiger charge is -2.41. The van der Waals surface area contributed by atoms with Crippen LogP contribution < -0.4 is 4.74 Å². The minimum absolute atomic E-state index is 0.00721. The zero-order valence-corrected chi connectivity index (χ0v) is 21.7. The molecule has 210 valence electrons. The SMILES string of the molecule is COc1ccc2ncc(F)c([C@@H](O)CCC3(CC(=O)O)CCN(CCCc4cc(F)cc(F)c4F)CC3)c2c1. The van der Waals surface area contributed by atoms with Gasteiger partial charge >= 0.3 is 5.97 Å². The van der Waals surface area contributed by atoms with Crippen molar-refractivity contribution < 1.29 is 37.3 Å². The molecular formula is C29H32F4N2O4. The predicted octanol–water partition coefficient (Wildman–Crippen LogP) is 5.80. The highest BCUT2D eigenvalue weighted by molar-refractivity contribution is 5.84. The second-order valence-corrected chi connectivity index (χ2v) is 10.3. The smallest absolute Gasteiger partial charge is 0.303 e. The maximum atomic E-state index is 14.8. The summed E-state index contributed by atoms with van der Waals surface area (Å²) in [5.74, 6) is -4.13. The van der Waals surface area contributed by atoms with Crippen molar-refractivity contribution in [2.75, 3.05) is 26.7 Å². The average molecular weight is 549 g/mol. The number of aliphatic hydroxyl groups excluding tert-OH is 1. The number of hydrogen-bond acceptors (Lipinski definition) is 5. The zero-order chi connectivity index (χ0) is 28.2. The molecule has 3 aromatic rings. The fourth-order valence-electron chi connectivity index (χ4n) is 5.59. The average Bonchev–Trinajstić information content (AvgIpc) is 2.90. The molecule has 39 heavy (non-hydrogen) atoms. The van der Waals surface area contributed by atoms with Gasteiger partial charge < -0.3 is 19.8 Å². The van der Waals surface area contributed by atoms with Crippen LogP contribution in [0.3, 0.4) is 0 Å². The van der Waals surface area contributed by atoms with Crippen LogP contribution in [-0.2, 0) is 11.2 Å². The number of aliphatic carboxylic acids is 1. The number of hydrogen-bond donors (Lipinski definition) is 2. The van der Waals surface area contributed by atoms with E-state index in [0.717, 1.165) is 12.3 Å². The number of aliphatic hydroxyl groups is 1. The first-order valence-corrected chi connectivity index (χ1v) is 13.0. The first-order chi connectivity index (χ1) is 18.6. The largest absolute Gasteiger partial charge is 0.497 e. The Balaban J connectivity index is 1.39. The number of carboxylic acid groups (broad SMARTS) is 1. The lowest BCUT2D eigenvalue weighted by molar-refractivity contribution is -0.141. The number of carboxylic acids is 1. The minimum Gasteiger partial charge on any atom is -0.497 e. The molecule has 1 aliphatic heterocycles. The number of piperidine rings is 1. The van der Waals surface area contributed by atoms with Crippen molar-refractivity contribution in [2.45, 2.75) is 51.0 Å². The number of likely N-dealkylation sites (tertiary alicyclic amines) is 1. The third-order valence-corrected chi connectivity index (χ3v) is 7.78. The molecule has 1 saturated heterocycles. The Hall–Kier alpha value is -3.24. The molecule has 1 fully saturated rings. The molecule has 4 rings (SSSR count). The summed E-state index contributed by atoms with van der Waals surface area (Å²) in [6, 6.07) is 6.53. The maximum absolute atomic E-state index is 14.8. The maximum Gasteiger partial charge on any atom is 0.303 e. The number of pyridine rings is 1. The summed E-state index contributed by atoms with van der Waals surface area (Å²) in [7, 11) is 1.49. The fourth-order valence-corrected chi connectivity index (χ4v) is 5.59. The van der Waals surface area contributed by atoms with Crippen molar-refractivity contribution >= 4 is 16.9 Å². The Kier molecular flexibility index (Phi) is 9.07. The summed E-state index contributed by atoms with van der Waals surface area (Å²) in [6.07, 6.45) is 2.18. The Morgan fingerprint density at radius 1 is 1.13 bits per heavy atom. The van der Waals surface area contributed by atoms with Gasteiger partial charge in [-0.2, -0.15) is 0 Å². The van der Waals surface area contributed by atoms with Gasteiger partial charge in [-0.15, -0.1) is 0 Å². The molecule has 2 N–H and O–H groups in total. The van der Waals surface area contributed by atoms with Crippen LogP contribution in [0.5, 0.6) is 5.75 Å². The summed E-state index contributed by atoms with van der Waals surface area (Å²) in [5.41, 5.74) is 0.0497. The zero-order valence-electron chi connectivity index (χ0n) is 21.7. The van der Waals surface area contributed by atoms with Gasteiger partial charge in [0.15, 0.2) is 11.6 Å². The van der Waals surface area contributed by atoms with E-state index >= 15 is 0 Å². The number of nitrogens with zero attached hydrogens (tertiary/aromatic N) is 2. The van der Waals surface area contributed by atoms with E-state index in [4.69, 9.17) is 4.74 Å². The van der Waals surface area contributed by atoms with E-state index in [9.17, 15) is 32.6 Å². The van der Waals surface area contributed by atoms with Crippen molar-refractivity contribution in [2.24, 2.45) is 5.41 Å². The van der Waals surface area contributed by atoms with E-state index < -0.39 is 40.8 Å². The van der Waals surface area contributed by atoms with Crippen LogP contribution in [0, 0.1) is 28.7 Å². The highest BCUT2D eigenvalue weighted by atomic mass is 19.2. The number of carbonyl (C=O) groups is 1. The topological polar surface area (TPSA) is 82.9 Å². The molecule has 1 aliphatic rings. The molecule has 0 unspecified atom stereocenters. The molecule has 0 bridgehead atoms. The molecule has 0 aliphatic carbocycles. The van der Waals surface area contributed by atoms with Gasteiger partial charge in [0.05, 0.1) is 31.3 Å².